The van der Waals surface area contributed by atoms with E-state index in [1.165, 1.54) is 15.4 Å². The third-order valence-corrected chi connectivity index (χ3v) is 8.95. The van der Waals surface area contributed by atoms with Crippen LogP contribution in [0.5, 0.6) is 0 Å². The van der Waals surface area contributed by atoms with Crippen LogP contribution in [-0.4, -0.2) is 59.4 Å². The number of nitrogens with one attached hydrogen (secondary N) is 4. The highest BCUT2D eigenvalue weighted by Gasteiger charge is 2.39. The third-order valence-electron chi connectivity index (χ3n) is 7.71. The second-order valence-corrected chi connectivity index (χ2v) is 11.6. The predicted molar refractivity (Wildman–Crippen MR) is 152 cm³/mol. The molecule has 218 valence electrons. The largest absolute Gasteiger partial charge is 0.350 e. The lowest BCUT2D eigenvalue weighted by Gasteiger charge is -2.26. The maximum absolute atomic E-state index is 13.2. The van der Waals surface area contributed by atoms with Crippen molar-refractivity contribution in [2.75, 3.05) is 13.1 Å². The fourth-order valence-electron chi connectivity index (χ4n) is 5.61. The zero-order chi connectivity index (χ0) is 29.2. The highest BCUT2D eigenvalue weighted by atomic mass is 32.2. The van der Waals surface area contributed by atoms with E-state index in [-0.39, 0.29) is 37.8 Å². The van der Waals surface area contributed by atoms with E-state index in [2.05, 4.69) is 33.1 Å². The van der Waals surface area contributed by atoms with Crippen LogP contribution in [0.3, 0.4) is 0 Å². The minimum Gasteiger partial charge on any atom is -0.350 e. The van der Waals surface area contributed by atoms with Gasteiger partial charge in [0.1, 0.15) is 11.9 Å². The van der Waals surface area contributed by atoms with Gasteiger partial charge in [0.05, 0.1) is 18.3 Å². The van der Waals surface area contributed by atoms with Crippen molar-refractivity contribution < 1.29 is 23.1 Å². The summed E-state index contributed by atoms with van der Waals surface area (Å²) in [5.41, 5.74) is 5.61. The van der Waals surface area contributed by atoms with Gasteiger partial charge in [-0.1, -0.05) is 30.0 Å². The van der Waals surface area contributed by atoms with Gasteiger partial charge in [0, 0.05) is 54.2 Å². The molecule has 9 nitrogen and oxygen atoms in total. The summed E-state index contributed by atoms with van der Waals surface area (Å²) in [7, 11) is 0. The fourth-order valence-corrected chi connectivity index (χ4v) is 6.66. The number of likely N-dealkylation sites (tertiary alicyclic amines) is 1. The van der Waals surface area contributed by atoms with E-state index < -0.39 is 24.7 Å². The molecule has 0 unspecified atom stereocenters. The average Bonchev–Trinajstić information content (AvgIpc) is 3.63. The van der Waals surface area contributed by atoms with Gasteiger partial charge in [0.2, 0.25) is 5.91 Å². The molecule has 2 amide bonds. The molecule has 1 aromatic heterocycles. The third kappa shape index (κ3) is 6.15. The summed E-state index contributed by atoms with van der Waals surface area (Å²) >= 11 is 1.67. The Morgan fingerprint density at radius 1 is 1.10 bits per heavy atom. The molecule has 12 heteroatoms. The SMILES string of the molecule is N=C(CNC(=O)c1ccc2c(c1)Cc1ccccc1S2)N1C[C@H](OC(F)F)C[C@H]1C(=O)NCc1cnc2c(c1)CNC2. The summed E-state index contributed by atoms with van der Waals surface area (Å²) < 4.78 is 30.7. The van der Waals surface area contributed by atoms with Crippen LogP contribution in [0, 0.1) is 5.41 Å². The van der Waals surface area contributed by atoms with Gasteiger partial charge < -0.3 is 25.6 Å². The number of nitrogens with zero attached hydrogens (tertiary/aromatic N) is 2. The van der Waals surface area contributed by atoms with Gasteiger partial charge in [-0.15, -0.1) is 0 Å². The summed E-state index contributed by atoms with van der Waals surface area (Å²) in [6, 6.07) is 14.8. The Labute approximate surface area is 245 Å². The summed E-state index contributed by atoms with van der Waals surface area (Å²) in [4.78, 5) is 34.3. The van der Waals surface area contributed by atoms with Crippen molar-refractivity contribution in [3.8, 4) is 0 Å². The molecular formula is C30H30F2N6O3S. The van der Waals surface area contributed by atoms with Crippen molar-refractivity contribution in [3.63, 3.8) is 0 Å². The van der Waals surface area contributed by atoms with E-state index in [4.69, 9.17) is 10.1 Å². The topological polar surface area (TPSA) is 119 Å². The number of halogens is 2. The number of rotatable bonds is 8. The first-order valence-electron chi connectivity index (χ1n) is 13.7. The monoisotopic (exact) mass is 592 g/mol. The molecule has 42 heavy (non-hydrogen) atoms. The minimum atomic E-state index is -2.99. The maximum Gasteiger partial charge on any atom is 0.345 e. The van der Waals surface area contributed by atoms with E-state index in [9.17, 15) is 18.4 Å². The first-order chi connectivity index (χ1) is 20.3. The molecule has 0 saturated carbocycles. The number of benzene rings is 2. The molecule has 1 fully saturated rings. The first kappa shape index (κ1) is 28.3. The highest BCUT2D eigenvalue weighted by molar-refractivity contribution is 7.99. The van der Waals surface area contributed by atoms with E-state index in [0.29, 0.717) is 18.7 Å². The van der Waals surface area contributed by atoms with Gasteiger partial charge in [-0.25, -0.2) is 0 Å². The number of hydrogen-bond acceptors (Lipinski definition) is 7. The normalized spacial score (nSPS) is 18.8. The Morgan fingerprint density at radius 2 is 1.93 bits per heavy atom. The zero-order valence-corrected chi connectivity index (χ0v) is 23.5. The van der Waals surface area contributed by atoms with Crippen molar-refractivity contribution in [3.05, 3.63) is 88.2 Å². The maximum atomic E-state index is 13.2. The lowest BCUT2D eigenvalue weighted by atomic mass is 10.0. The van der Waals surface area contributed by atoms with Gasteiger partial charge in [0.15, 0.2) is 0 Å². The van der Waals surface area contributed by atoms with Crippen LogP contribution in [0.2, 0.25) is 0 Å². The Balaban J connectivity index is 1.08. The summed E-state index contributed by atoms with van der Waals surface area (Å²) in [6.45, 7) is -1.57. The Kier molecular flexibility index (Phi) is 8.18. The van der Waals surface area contributed by atoms with Crippen molar-refractivity contribution in [2.24, 2.45) is 0 Å². The molecule has 1 saturated heterocycles. The molecule has 0 aliphatic carbocycles. The van der Waals surface area contributed by atoms with E-state index in [1.54, 1.807) is 24.0 Å². The summed E-state index contributed by atoms with van der Waals surface area (Å²) in [5.74, 6) is -0.820. The number of alkyl halides is 2. The van der Waals surface area contributed by atoms with Gasteiger partial charge in [-0.3, -0.25) is 20.0 Å². The smallest absolute Gasteiger partial charge is 0.345 e. The van der Waals surface area contributed by atoms with Gasteiger partial charge in [-0.2, -0.15) is 8.78 Å². The lowest BCUT2D eigenvalue weighted by Crippen LogP contribution is -2.48. The molecule has 2 aromatic carbocycles. The van der Waals surface area contributed by atoms with Crippen molar-refractivity contribution >= 4 is 29.4 Å². The van der Waals surface area contributed by atoms with E-state index >= 15 is 0 Å². The number of fused-ring (bicyclic) bond motifs is 3. The van der Waals surface area contributed by atoms with Crippen LogP contribution < -0.4 is 16.0 Å². The zero-order valence-electron chi connectivity index (χ0n) is 22.7. The number of carbonyl (C=O) groups excluding carboxylic acids is 2. The molecule has 3 aliphatic heterocycles. The van der Waals surface area contributed by atoms with Gasteiger partial charge in [0.25, 0.3) is 5.91 Å². The Hall–Kier alpha value is -3.87. The molecule has 0 radical (unpaired) electrons. The minimum absolute atomic E-state index is 0.00280. The number of hydrogen-bond donors (Lipinski definition) is 4. The lowest BCUT2D eigenvalue weighted by molar-refractivity contribution is -0.158. The number of amides is 2. The standard InChI is InChI=1S/C30H30F2N6O3S/c31-30(32)41-22-10-24(29(40)36-12-17-7-21-13-34-14-23(21)35-11-17)38(16-22)27(33)15-37-28(39)19-5-6-26-20(9-19)8-18-3-1-2-4-25(18)42-26/h1-7,9,11,22,24,30,33-34H,8,10,12-16H2,(H,36,40)(H,37,39)/t22-,24+/m1/s1. The van der Waals surface area contributed by atoms with Gasteiger partial charge >= 0.3 is 6.61 Å². The van der Waals surface area contributed by atoms with Crippen molar-refractivity contribution in [2.45, 2.75) is 61.0 Å². The van der Waals surface area contributed by atoms with Crippen LogP contribution in [0.15, 0.2) is 64.5 Å². The number of aromatic nitrogens is 1. The summed E-state index contributed by atoms with van der Waals surface area (Å²) in [5, 5.41) is 17.4. The molecule has 3 aromatic rings. The van der Waals surface area contributed by atoms with Crippen LogP contribution in [0.1, 0.15) is 44.7 Å². The molecule has 4 N–H and O–H groups in total. The second kappa shape index (κ2) is 12.2. The quantitative estimate of drug-likeness (QED) is 0.183. The average molecular weight is 593 g/mol. The molecule has 2 atom stereocenters. The summed E-state index contributed by atoms with van der Waals surface area (Å²) in [6.07, 6.45) is 1.51. The van der Waals surface area contributed by atoms with Crippen LogP contribution in [0.25, 0.3) is 0 Å². The number of ether oxygens (including phenoxy) is 1. The molecule has 0 spiro atoms. The van der Waals surface area contributed by atoms with E-state index in [1.807, 2.05) is 30.3 Å². The number of carbonyl (C=O) groups is 2. The van der Waals surface area contributed by atoms with Crippen molar-refractivity contribution in [1.29, 1.82) is 5.41 Å². The molecule has 4 heterocycles. The fraction of sp³-hybridized carbons (Fsp3) is 0.333. The van der Waals surface area contributed by atoms with E-state index in [0.717, 1.165) is 33.7 Å². The van der Waals surface area contributed by atoms with Crippen LogP contribution in [-0.2, 0) is 35.6 Å². The molecule has 6 rings (SSSR count). The molecule has 3 aliphatic rings. The van der Waals surface area contributed by atoms with Crippen LogP contribution >= 0.6 is 11.8 Å². The Bertz CT molecular complexity index is 1540. The Morgan fingerprint density at radius 3 is 2.79 bits per heavy atom. The van der Waals surface area contributed by atoms with Crippen molar-refractivity contribution in [1.82, 2.24) is 25.8 Å². The molecular weight excluding hydrogens is 562 g/mol. The van der Waals surface area contributed by atoms with Crippen LogP contribution in [0.4, 0.5) is 8.78 Å². The highest BCUT2D eigenvalue weighted by Crippen LogP contribution is 2.39. The first-order valence-corrected chi connectivity index (χ1v) is 14.6. The van der Waals surface area contributed by atoms with Gasteiger partial charge in [-0.05, 0) is 59.0 Å². The molecule has 0 bridgehead atoms. The number of amidine groups is 1. The number of pyridine rings is 1. The second-order valence-electron chi connectivity index (χ2n) is 10.5. The predicted octanol–water partition coefficient (Wildman–Crippen LogP) is 3.45.